The van der Waals surface area contributed by atoms with E-state index < -0.39 is 24.3 Å². The summed E-state index contributed by atoms with van der Waals surface area (Å²) in [5.74, 6) is -2.32. The molecule has 0 saturated carbocycles. The van der Waals surface area contributed by atoms with Gasteiger partial charge in [-0.05, 0) is 135 Å². The first-order valence-electron chi connectivity index (χ1n) is 36.9. The Balaban J connectivity index is 4.20. The van der Waals surface area contributed by atoms with Crippen LogP contribution in [0.1, 0.15) is 271 Å². The van der Waals surface area contributed by atoms with Crippen molar-refractivity contribution in [2.24, 2.45) is 0 Å². The van der Waals surface area contributed by atoms with Crippen LogP contribution in [0.2, 0.25) is 0 Å². The summed E-state index contributed by atoms with van der Waals surface area (Å²) in [5.41, 5.74) is 0. The molecular formula is C84H135NO8. The molecule has 0 aromatic carbocycles. The van der Waals surface area contributed by atoms with Crippen LogP contribution in [0.4, 0.5) is 0 Å². The summed E-state index contributed by atoms with van der Waals surface area (Å²) in [5, 5.41) is 11.8. The number of likely N-dealkylation sites (N-methyl/N-ethyl adjacent to an activating group) is 1. The van der Waals surface area contributed by atoms with Gasteiger partial charge in [-0.3, -0.25) is 9.59 Å². The largest absolute Gasteiger partial charge is 0.545 e. The highest BCUT2D eigenvalue weighted by molar-refractivity contribution is 5.70. The number of carboxylic acid groups (broad SMARTS) is 1. The number of allylic oxidation sites excluding steroid dienone is 30. The number of carbonyl (C=O) groups is 3. The van der Waals surface area contributed by atoms with Gasteiger partial charge in [0.15, 0.2) is 12.4 Å². The average Bonchev–Trinajstić information content (AvgIpc) is 3.38. The molecule has 9 heteroatoms. The Morgan fingerprint density at radius 3 is 0.860 bits per heavy atom. The van der Waals surface area contributed by atoms with Gasteiger partial charge in [0.05, 0.1) is 40.3 Å². The molecule has 0 N–H and O–H groups in total. The lowest BCUT2D eigenvalue weighted by Crippen LogP contribution is -2.44. The second kappa shape index (κ2) is 72.2. The van der Waals surface area contributed by atoms with Crippen molar-refractivity contribution in [3.8, 4) is 0 Å². The Hall–Kier alpha value is -5.61. The quantitative estimate of drug-likeness (QED) is 0.0195. The fraction of sp³-hybridized carbons (Fsp3) is 0.607. The van der Waals surface area contributed by atoms with E-state index in [-0.39, 0.29) is 38.6 Å². The SMILES string of the molecule is CC/C=C\C/C=C\C/C=C\C/C=C\C/C=C\C/C=C\C/C=C\C/C=C\C/C=C\C/C=C\C/C=C\CCCCCCCC(=O)OC(COC(=O)CCCCCCCCCCCCCCCCCC/C=C\C/C=C\C/C=C\C/C=C\CC)COC(OCC[N+](C)(C)C)C(=O)[O-]. The van der Waals surface area contributed by atoms with Gasteiger partial charge in [0.25, 0.3) is 0 Å². The molecule has 0 fully saturated rings. The Bertz CT molecular complexity index is 2190. The minimum atomic E-state index is -1.64. The molecule has 0 bridgehead atoms. The van der Waals surface area contributed by atoms with Crippen molar-refractivity contribution in [1.29, 1.82) is 0 Å². The van der Waals surface area contributed by atoms with Crippen LogP contribution in [0.5, 0.6) is 0 Å². The topological polar surface area (TPSA) is 111 Å². The summed E-state index contributed by atoms with van der Waals surface area (Å²) in [6.07, 6.45) is 107. The van der Waals surface area contributed by atoms with Crippen LogP contribution in [0.3, 0.4) is 0 Å². The van der Waals surface area contributed by atoms with Gasteiger partial charge in [-0.2, -0.15) is 0 Å². The molecule has 0 saturated heterocycles. The molecule has 93 heavy (non-hydrogen) atoms. The summed E-state index contributed by atoms with van der Waals surface area (Å²) in [7, 11) is 5.91. The molecule has 0 rings (SSSR count). The van der Waals surface area contributed by atoms with E-state index in [1.54, 1.807) is 0 Å². The Labute approximate surface area is 570 Å². The molecule has 0 aromatic rings. The van der Waals surface area contributed by atoms with Gasteiger partial charge in [0.1, 0.15) is 13.2 Å². The van der Waals surface area contributed by atoms with E-state index >= 15 is 0 Å². The number of carboxylic acids is 1. The third-order valence-corrected chi connectivity index (χ3v) is 15.1. The summed E-state index contributed by atoms with van der Waals surface area (Å²) in [6, 6.07) is 0. The van der Waals surface area contributed by atoms with E-state index in [4.69, 9.17) is 18.9 Å². The Morgan fingerprint density at radius 2 is 0.581 bits per heavy atom. The van der Waals surface area contributed by atoms with E-state index in [2.05, 4.69) is 196 Å². The van der Waals surface area contributed by atoms with Crippen LogP contribution >= 0.6 is 0 Å². The lowest BCUT2D eigenvalue weighted by Gasteiger charge is -2.26. The molecule has 2 atom stereocenters. The van der Waals surface area contributed by atoms with E-state index in [0.29, 0.717) is 17.4 Å². The van der Waals surface area contributed by atoms with Crippen molar-refractivity contribution in [3.63, 3.8) is 0 Å². The molecular weight excluding hydrogens is 1150 g/mol. The first kappa shape index (κ1) is 87.4. The molecule has 9 nitrogen and oxygen atoms in total. The number of hydrogen-bond acceptors (Lipinski definition) is 8. The molecule has 0 aromatic heterocycles. The minimum Gasteiger partial charge on any atom is -0.545 e. The van der Waals surface area contributed by atoms with Crippen LogP contribution in [0.25, 0.3) is 0 Å². The maximum Gasteiger partial charge on any atom is 0.306 e. The van der Waals surface area contributed by atoms with E-state index in [0.717, 1.165) is 148 Å². The van der Waals surface area contributed by atoms with Gasteiger partial charge in [0.2, 0.25) is 0 Å². The highest BCUT2D eigenvalue weighted by Crippen LogP contribution is 2.16. The van der Waals surface area contributed by atoms with Crippen LogP contribution < -0.4 is 5.11 Å². The molecule has 0 heterocycles. The van der Waals surface area contributed by atoms with E-state index in [1.807, 2.05) is 21.1 Å². The maximum absolute atomic E-state index is 12.9. The van der Waals surface area contributed by atoms with Gasteiger partial charge in [0, 0.05) is 12.8 Å². The standard InChI is InChI=1S/C84H135NO8/c1-6-8-10-12-14-16-18-20-22-24-26-28-30-32-34-36-37-38-39-40-41-42-43-44-45-47-49-51-53-55-57-59-61-63-65-67-69-71-73-75-82(87)93-80(79-92-84(83(88)89)90-77-76-85(3,4)5)78-91-81(86)74-72-70-68-66-64-62-60-58-56-54-52-50-48-46-35-33-31-29-27-25-23-21-19-17-15-13-11-9-7-2/h8-11,14-17,20-23,26-29,32,34,37-38,40-41,43-44,47,49,53,55,59,61,80,84H,6-7,12-13,18-19,24-25,30-31,33,35-36,39,42,45-46,48,50-52,54,56-58,60,62-79H2,1-5H3/b10-8-,11-9-,16-14-,17-15-,22-20-,23-21-,28-26-,29-27-,34-32-,38-37-,41-40-,44-43-,49-47-,55-53-,61-59-. The fourth-order valence-corrected chi connectivity index (χ4v) is 9.59. The lowest BCUT2D eigenvalue weighted by molar-refractivity contribution is -0.870. The van der Waals surface area contributed by atoms with Gasteiger partial charge < -0.3 is 33.3 Å². The molecule has 0 aliphatic carbocycles. The first-order chi connectivity index (χ1) is 45.6. The number of aliphatic carboxylic acids is 1. The van der Waals surface area contributed by atoms with Gasteiger partial charge in [-0.1, -0.05) is 305 Å². The average molecular weight is 1290 g/mol. The van der Waals surface area contributed by atoms with Gasteiger partial charge in [-0.15, -0.1) is 0 Å². The fourth-order valence-electron chi connectivity index (χ4n) is 9.59. The van der Waals surface area contributed by atoms with Crippen LogP contribution in [0.15, 0.2) is 182 Å². The smallest absolute Gasteiger partial charge is 0.306 e. The van der Waals surface area contributed by atoms with Gasteiger partial charge >= 0.3 is 11.9 Å². The first-order valence-corrected chi connectivity index (χ1v) is 36.9. The van der Waals surface area contributed by atoms with Crippen molar-refractivity contribution in [3.05, 3.63) is 182 Å². The van der Waals surface area contributed by atoms with Crippen molar-refractivity contribution in [2.45, 2.75) is 283 Å². The zero-order valence-corrected chi connectivity index (χ0v) is 59.8. The van der Waals surface area contributed by atoms with Crippen molar-refractivity contribution >= 4 is 17.9 Å². The summed E-state index contributed by atoms with van der Waals surface area (Å²) in [4.78, 5) is 37.5. The highest BCUT2D eigenvalue weighted by atomic mass is 16.7. The van der Waals surface area contributed by atoms with Gasteiger partial charge in [-0.25, -0.2) is 0 Å². The zero-order chi connectivity index (χ0) is 67.5. The molecule has 2 unspecified atom stereocenters. The lowest BCUT2D eigenvalue weighted by atomic mass is 10.0. The van der Waals surface area contributed by atoms with Crippen molar-refractivity contribution < 1.29 is 42.9 Å². The monoisotopic (exact) mass is 1290 g/mol. The molecule has 524 valence electrons. The van der Waals surface area contributed by atoms with Crippen LogP contribution in [0, 0.1) is 0 Å². The van der Waals surface area contributed by atoms with Crippen LogP contribution in [-0.2, 0) is 33.3 Å². The maximum atomic E-state index is 12.9. The number of nitrogens with zero attached hydrogens (tertiary/aromatic N) is 1. The predicted octanol–water partition coefficient (Wildman–Crippen LogP) is 22.2. The molecule has 0 radical (unpaired) electrons. The van der Waals surface area contributed by atoms with Crippen molar-refractivity contribution in [1.82, 2.24) is 0 Å². The molecule has 0 amide bonds. The van der Waals surface area contributed by atoms with Crippen molar-refractivity contribution in [2.75, 3.05) is 47.5 Å². The minimum absolute atomic E-state index is 0.135. The summed E-state index contributed by atoms with van der Waals surface area (Å²) < 4.78 is 22.8. The zero-order valence-electron chi connectivity index (χ0n) is 59.8. The van der Waals surface area contributed by atoms with E-state index in [1.165, 1.54) is 89.9 Å². The number of rotatable bonds is 66. The second-order valence-corrected chi connectivity index (χ2v) is 25.1. The number of carbonyl (C=O) groups excluding carboxylic acids is 3. The normalized spacial score (nSPS) is 13.8. The number of quaternary nitrogens is 1. The Kier molecular flexibility index (Phi) is 67.9. The Morgan fingerprint density at radius 1 is 0.323 bits per heavy atom. The number of unbranched alkanes of at least 4 members (excludes halogenated alkanes) is 21. The third kappa shape index (κ3) is 73.7. The summed E-state index contributed by atoms with van der Waals surface area (Å²) >= 11 is 0. The number of ether oxygens (including phenoxy) is 4. The van der Waals surface area contributed by atoms with E-state index in [9.17, 15) is 19.5 Å². The highest BCUT2D eigenvalue weighted by Gasteiger charge is 2.22. The summed E-state index contributed by atoms with van der Waals surface area (Å²) in [6.45, 7) is 4.49. The second-order valence-electron chi connectivity index (χ2n) is 25.1. The number of hydrogen-bond donors (Lipinski definition) is 0. The molecule has 0 aliphatic heterocycles. The molecule has 0 spiro atoms. The van der Waals surface area contributed by atoms with Crippen LogP contribution in [-0.4, -0.2) is 82.3 Å². The molecule has 0 aliphatic rings. The number of esters is 2. The predicted molar refractivity (Wildman–Crippen MR) is 398 cm³/mol. The third-order valence-electron chi connectivity index (χ3n) is 15.1.